The summed E-state index contributed by atoms with van der Waals surface area (Å²) in [7, 11) is 0. The van der Waals surface area contributed by atoms with Crippen LogP contribution in [-0.2, 0) is 4.79 Å². The van der Waals surface area contributed by atoms with Crippen LogP contribution in [0.15, 0.2) is 30.3 Å². The maximum Gasteiger partial charge on any atom is 0.224 e. The zero-order chi connectivity index (χ0) is 14.4. The van der Waals surface area contributed by atoms with Gasteiger partial charge >= 0.3 is 0 Å². The lowest BCUT2D eigenvalue weighted by Gasteiger charge is -2.33. The Hall–Kier alpha value is -1.35. The minimum absolute atomic E-state index is 0.185. The predicted molar refractivity (Wildman–Crippen MR) is 82.2 cm³/mol. The Labute approximate surface area is 122 Å². The van der Waals surface area contributed by atoms with E-state index in [0.29, 0.717) is 12.3 Å². The van der Waals surface area contributed by atoms with Gasteiger partial charge in [0.05, 0.1) is 0 Å². The van der Waals surface area contributed by atoms with Gasteiger partial charge in [0, 0.05) is 25.6 Å². The van der Waals surface area contributed by atoms with E-state index in [1.807, 2.05) is 35.2 Å². The molecule has 1 aromatic rings. The molecular weight excluding hydrogens is 248 g/mol. The second-order valence-electron chi connectivity index (χ2n) is 5.86. The second-order valence-corrected chi connectivity index (χ2v) is 5.86. The molecule has 1 heterocycles. The Morgan fingerprint density at radius 1 is 1.40 bits per heavy atom. The first-order valence-corrected chi connectivity index (χ1v) is 7.79. The maximum absolute atomic E-state index is 12.4. The number of nitrogens with zero attached hydrogens (tertiary/aromatic N) is 1. The monoisotopic (exact) mass is 274 g/mol. The van der Waals surface area contributed by atoms with Gasteiger partial charge in [-0.15, -0.1) is 0 Å². The molecule has 0 bridgehead atoms. The van der Waals surface area contributed by atoms with E-state index in [-0.39, 0.29) is 11.9 Å². The van der Waals surface area contributed by atoms with Crippen molar-refractivity contribution in [3.05, 3.63) is 35.9 Å². The molecule has 1 aliphatic rings. The van der Waals surface area contributed by atoms with Gasteiger partial charge in [-0.2, -0.15) is 0 Å². The van der Waals surface area contributed by atoms with Crippen molar-refractivity contribution in [1.82, 2.24) is 4.90 Å². The summed E-state index contributed by atoms with van der Waals surface area (Å²) in [6.07, 6.45) is 5.26. The van der Waals surface area contributed by atoms with Gasteiger partial charge in [0.1, 0.15) is 0 Å². The Bertz CT molecular complexity index is 416. The summed E-state index contributed by atoms with van der Waals surface area (Å²) in [4.78, 5) is 14.4. The molecule has 2 atom stereocenters. The maximum atomic E-state index is 12.4. The van der Waals surface area contributed by atoms with Crippen LogP contribution in [0, 0.1) is 5.92 Å². The first-order chi connectivity index (χ1) is 9.70. The summed E-state index contributed by atoms with van der Waals surface area (Å²) in [5.41, 5.74) is 7.19. The Morgan fingerprint density at radius 3 is 2.85 bits per heavy atom. The van der Waals surface area contributed by atoms with Gasteiger partial charge in [-0.3, -0.25) is 4.79 Å². The number of hydrogen-bond acceptors (Lipinski definition) is 2. The first-order valence-electron chi connectivity index (χ1n) is 7.79. The van der Waals surface area contributed by atoms with Crippen LogP contribution in [-0.4, -0.2) is 23.9 Å². The number of amides is 1. The first kappa shape index (κ1) is 15.0. The number of nitrogens with two attached hydrogens (primary N) is 1. The van der Waals surface area contributed by atoms with Crippen LogP contribution in [0.1, 0.15) is 50.6 Å². The molecule has 2 rings (SSSR count). The van der Waals surface area contributed by atoms with Gasteiger partial charge in [-0.1, -0.05) is 43.7 Å². The molecule has 1 fully saturated rings. The quantitative estimate of drug-likeness (QED) is 0.896. The number of rotatable bonds is 5. The van der Waals surface area contributed by atoms with Crippen molar-refractivity contribution >= 4 is 5.91 Å². The molecule has 1 amide bonds. The highest BCUT2D eigenvalue weighted by atomic mass is 16.2. The zero-order valence-electron chi connectivity index (χ0n) is 12.4. The van der Waals surface area contributed by atoms with Crippen LogP contribution >= 0.6 is 0 Å². The predicted octanol–water partition coefficient (Wildman–Crippen LogP) is 3.12. The van der Waals surface area contributed by atoms with Crippen LogP contribution < -0.4 is 5.73 Å². The van der Waals surface area contributed by atoms with Crippen molar-refractivity contribution in [2.75, 3.05) is 13.1 Å². The minimum atomic E-state index is -0.185. The third-order valence-electron chi connectivity index (χ3n) is 4.19. The lowest BCUT2D eigenvalue weighted by Crippen LogP contribution is -2.41. The largest absolute Gasteiger partial charge is 0.342 e. The van der Waals surface area contributed by atoms with Crippen molar-refractivity contribution in [2.24, 2.45) is 11.7 Å². The van der Waals surface area contributed by atoms with E-state index in [2.05, 4.69) is 6.92 Å². The lowest BCUT2D eigenvalue weighted by molar-refractivity contribution is -0.133. The van der Waals surface area contributed by atoms with Crippen LogP contribution in [0.25, 0.3) is 0 Å². The van der Waals surface area contributed by atoms with Crippen LogP contribution in [0.2, 0.25) is 0 Å². The Morgan fingerprint density at radius 2 is 2.15 bits per heavy atom. The van der Waals surface area contributed by atoms with Crippen molar-refractivity contribution in [2.45, 2.75) is 45.1 Å². The molecule has 3 heteroatoms. The third kappa shape index (κ3) is 4.07. The molecule has 0 aliphatic carbocycles. The Balaban J connectivity index is 1.88. The molecule has 110 valence electrons. The average molecular weight is 274 g/mol. The molecule has 0 spiro atoms. The molecule has 2 unspecified atom stereocenters. The van der Waals surface area contributed by atoms with Crippen LogP contribution in [0.5, 0.6) is 0 Å². The van der Waals surface area contributed by atoms with Crippen LogP contribution in [0.3, 0.4) is 0 Å². The SMILES string of the molecule is CCCC1CCCN(C(=O)CC(N)c2ccccc2)C1. The fourth-order valence-corrected chi connectivity index (χ4v) is 3.07. The van der Waals surface area contributed by atoms with Crippen molar-refractivity contribution < 1.29 is 4.79 Å². The topological polar surface area (TPSA) is 46.3 Å². The molecule has 0 radical (unpaired) electrons. The second kappa shape index (κ2) is 7.44. The van der Waals surface area contributed by atoms with E-state index in [9.17, 15) is 4.79 Å². The average Bonchev–Trinajstić information content (AvgIpc) is 2.48. The number of hydrogen-bond donors (Lipinski definition) is 1. The summed E-state index contributed by atoms with van der Waals surface area (Å²) >= 11 is 0. The standard InChI is InChI=1S/C17H26N2O/c1-2-7-14-8-6-11-19(13-14)17(20)12-16(18)15-9-4-3-5-10-15/h3-5,9-10,14,16H,2,6-8,11-13,18H2,1H3. The number of carbonyl (C=O) groups is 1. The van der Waals surface area contributed by atoms with Gasteiger partial charge in [-0.05, 0) is 30.7 Å². The zero-order valence-corrected chi connectivity index (χ0v) is 12.4. The fourth-order valence-electron chi connectivity index (χ4n) is 3.07. The third-order valence-corrected chi connectivity index (χ3v) is 4.19. The summed E-state index contributed by atoms with van der Waals surface area (Å²) in [6.45, 7) is 4.04. The molecule has 1 aliphatic heterocycles. The molecule has 3 nitrogen and oxygen atoms in total. The number of piperidine rings is 1. The van der Waals surface area contributed by atoms with E-state index < -0.39 is 0 Å². The van der Waals surface area contributed by atoms with Crippen molar-refractivity contribution in [1.29, 1.82) is 0 Å². The highest BCUT2D eigenvalue weighted by molar-refractivity contribution is 5.77. The highest BCUT2D eigenvalue weighted by Crippen LogP contribution is 2.23. The molecule has 1 aromatic carbocycles. The lowest BCUT2D eigenvalue weighted by atomic mass is 9.93. The van der Waals surface area contributed by atoms with Gasteiger partial charge in [0.25, 0.3) is 0 Å². The van der Waals surface area contributed by atoms with E-state index in [1.165, 1.54) is 19.3 Å². The van der Waals surface area contributed by atoms with Crippen molar-refractivity contribution in [3.63, 3.8) is 0 Å². The number of benzene rings is 1. The van der Waals surface area contributed by atoms with Gasteiger partial charge in [0.2, 0.25) is 5.91 Å². The van der Waals surface area contributed by atoms with Gasteiger partial charge < -0.3 is 10.6 Å². The van der Waals surface area contributed by atoms with E-state index in [4.69, 9.17) is 5.73 Å². The normalized spacial score (nSPS) is 20.7. The highest BCUT2D eigenvalue weighted by Gasteiger charge is 2.24. The van der Waals surface area contributed by atoms with Gasteiger partial charge in [-0.25, -0.2) is 0 Å². The number of likely N-dealkylation sites (tertiary alicyclic amines) is 1. The molecular formula is C17H26N2O. The fraction of sp³-hybridized carbons (Fsp3) is 0.588. The van der Waals surface area contributed by atoms with Crippen LogP contribution in [0.4, 0.5) is 0 Å². The molecule has 1 saturated heterocycles. The van der Waals surface area contributed by atoms with E-state index in [0.717, 1.165) is 25.1 Å². The summed E-state index contributed by atoms with van der Waals surface area (Å²) in [5.74, 6) is 0.896. The summed E-state index contributed by atoms with van der Waals surface area (Å²) in [6, 6.07) is 9.71. The molecule has 20 heavy (non-hydrogen) atoms. The Kier molecular flexibility index (Phi) is 5.60. The number of carbonyl (C=O) groups excluding carboxylic acids is 1. The smallest absolute Gasteiger partial charge is 0.224 e. The minimum Gasteiger partial charge on any atom is -0.342 e. The molecule has 0 saturated carbocycles. The van der Waals surface area contributed by atoms with Gasteiger partial charge in [0.15, 0.2) is 0 Å². The van der Waals surface area contributed by atoms with E-state index >= 15 is 0 Å². The summed E-state index contributed by atoms with van der Waals surface area (Å²) < 4.78 is 0. The van der Waals surface area contributed by atoms with Crippen molar-refractivity contribution in [3.8, 4) is 0 Å². The van der Waals surface area contributed by atoms with E-state index in [1.54, 1.807) is 0 Å². The molecule has 2 N–H and O–H groups in total. The summed E-state index contributed by atoms with van der Waals surface area (Å²) in [5, 5.41) is 0. The molecule has 0 aromatic heterocycles.